The van der Waals surface area contributed by atoms with Crippen LogP contribution in [0.4, 0.5) is 4.39 Å². The highest BCUT2D eigenvalue weighted by atomic mass is 32.2. The second kappa shape index (κ2) is 7.42. The number of halogens is 1. The molecule has 0 unspecified atom stereocenters. The third-order valence-corrected chi connectivity index (χ3v) is 6.11. The van der Waals surface area contributed by atoms with Crippen molar-refractivity contribution in [1.82, 2.24) is 20.3 Å². The first kappa shape index (κ1) is 18.7. The number of benzene rings is 1. The summed E-state index contributed by atoms with van der Waals surface area (Å²) in [6.07, 6.45) is 2.66. The van der Waals surface area contributed by atoms with Crippen molar-refractivity contribution in [2.45, 2.75) is 44.3 Å². The molecule has 1 fully saturated rings. The van der Waals surface area contributed by atoms with Crippen LogP contribution in [0.25, 0.3) is 11.4 Å². The minimum absolute atomic E-state index is 0.0645. The number of rotatable bonds is 8. The third kappa shape index (κ3) is 4.44. The summed E-state index contributed by atoms with van der Waals surface area (Å²) in [6.45, 7) is 1.67. The molecule has 28 heavy (non-hydrogen) atoms. The fraction of sp³-hybridized carbons (Fsp3) is 0.444. The van der Waals surface area contributed by atoms with Crippen LogP contribution in [0.15, 0.2) is 27.2 Å². The van der Waals surface area contributed by atoms with Crippen molar-refractivity contribution >= 4 is 9.84 Å². The molecule has 0 aliphatic heterocycles. The number of hydrogen-bond acceptors (Lipinski definition) is 8. The van der Waals surface area contributed by atoms with Crippen LogP contribution in [0.3, 0.4) is 0 Å². The Balaban J connectivity index is 1.31. The number of aromatic nitrogens is 4. The predicted molar refractivity (Wildman–Crippen MR) is 96.5 cm³/mol. The second-order valence-corrected chi connectivity index (χ2v) is 9.18. The van der Waals surface area contributed by atoms with E-state index in [4.69, 9.17) is 9.05 Å². The standard InChI is InChI=1S/C18H19FN4O4S/c1-11-4-5-13(9-14(11)19)18-20-15(26-23-18)3-2-8-28(24,25)10-16-21-17(22-27-16)12-6-7-12/h4-5,9,12H,2-3,6-8,10H2,1H3. The van der Waals surface area contributed by atoms with Gasteiger partial charge in [-0.05, 0) is 37.8 Å². The molecule has 2 aromatic heterocycles. The van der Waals surface area contributed by atoms with E-state index in [1.807, 2.05) is 0 Å². The molecule has 8 nitrogen and oxygen atoms in total. The van der Waals surface area contributed by atoms with Crippen molar-refractivity contribution in [3.63, 3.8) is 0 Å². The molecule has 2 heterocycles. The first-order valence-electron chi connectivity index (χ1n) is 9.02. The molecule has 0 N–H and O–H groups in total. The Kier molecular flexibility index (Phi) is 4.96. The maximum Gasteiger partial charge on any atom is 0.241 e. The van der Waals surface area contributed by atoms with Gasteiger partial charge >= 0.3 is 0 Å². The first-order valence-corrected chi connectivity index (χ1v) is 10.8. The summed E-state index contributed by atoms with van der Waals surface area (Å²) in [4.78, 5) is 8.35. The Morgan fingerprint density at radius 2 is 1.93 bits per heavy atom. The second-order valence-electron chi connectivity index (χ2n) is 6.99. The topological polar surface area (TPSA) is 112 Å². The fourth-order valence-corrected chi connectivity index (χ4v) is 3.97. The normalized spacial score (nSPS) is 14.5. The molecule has 148 valence electrons. The summed E-state index contributed by atoms with van der Waals surface area (Å²) in [6, 6.07) is 4.69. The molecule has 1 aliphatic carbocycles. The van der Waals surface area contributed by atoms with Gasteiger partial charge in [-0.25, -0.2) is 12.8 Å². The highest BCUT2D eigenvalue weighted by molar-refractivity contribution is 7.90. The highest BCUT2D eigenvalue weighted by Crippen LogP contribution is 2.38. The largest absolute Gasteiger partial charge is 0.339 e. The summed E-state index contributed by atoms with van der Waals surface area (Å²) in [5.41, 5.74) is 1.04. The van der Waals surface area contributed by atoms with Crippen molar-refractivity contribution in [1.29, 1.82) is 0 Å². The molecule has 0 bridgehead atoms. The van der Waals surface area contributed by atoms with Gasteiger partial charge in [0.2, 0.25) is 17.6 Å². The lowest BCUT2D eigenvalue weighted by Crippen LogP contribution is -2.10. The van der Waals surface area contributed by atoms with Crippen LogP contribution in [0.2, 0.25) is 0 Å². The van der Waals surface area contributed by atoms with Crippen molar-refractivity contribution < 1.29 is 21.9 Å². The summed E-state index contributed by atoms with van der Waals surface area (Å²) in [5.74, 6) is 0.930. The molecule has 3 aromatic rings. The first-order chi connectivity index (χ1) is 13.4. The monoisotopic (exact) mass is 406 g/mol. The Morgan fingerprint density at radius 1 is 1.14 bits per heavy atom. The Labute approximate surface area is 161 Å². The average Bonchev–Trinajstić information content (AvgIpc) is 3.21. The lowest BCUT2D eigenvalue weighted by Gasteiger charge is -1.99. The molecule has 0 saturated heterocycles. The third-order valence-electron chi connectivity index (χ3n) is 4.51. The van der Waals surface area contributed by atoms with Gasteiger partial charge in [-0.2, -0.15) is 9.97 Å². The van der Waals surface area contributed by atoms with Gasteiger partial charge in [0.15, 0.2) is 15.7 Å². The molecule has 0 spiro atoms. The quantitative estimate of drug-likeness (QED) is 0.561. The summed E-state index contributed by atoms with van der Waals surface area (Å²) < 4.78 is 48.3. The van der Waals surface area contributed by atoms with Crippen molar-refractivity contribution in [3.05, 3.63) is 47.2 Å². The van der Waals surface area contributed by atoms with E-state index in [-0.39, 0.29) is 29.0 Å². The minimum Gasteiger partial charge on any atom is -0.339 e. The molecular weight excluding hydrogens is 387 g/mol. The van der Waals surface area contributed by atoms with Crippen molar-refractivity contribution in [2.75, 3.05) is 5.75 Å². The van der Waals surface area contributed by atoms with Crippen LogP contribution >= 0.6 is 0 Å². The van der Waals surface area contributed by atoms with E-state index in [0.29, 0.717) is 41.6 Å². The van der Waals surface area contributed by atoms with Gasteiger partial charge in [0.05, 0.1) is 5.75 Å². The zero-order chi connectivity index (χ0) is 19.7. The zero-order valence-electron chi connectivity index (χ0n) is 15.3. The van der Waals surface area contributed by atoms with Crippen LogP contribution in [-0.2, 0) is 22.0 Å². The van der Waals surface area contributed by atoms with E-state index in [1.165, 1.54) is 6.07 Å². The predicted octanol–water partition coefficient (Wildman–Crippen LogP) is 2.99. The molecule has 1 saturated carbocycles. The van der Waals surface area contributed by atoms with Gasteiger partial charge in [0, 0.05) is 17.9 Å². The van der Waals surface area contributed by atoms with Gasteiger partial charge in [-0.1, -0.05) is 22.4 Å². The maximum atomic E-state index is 13.7. The van der Waals surface area contributed by atoms with Gasteiger partial charge in [0.1, 0.15) is 11.6 Å². The molecule has 1 aliphatic rings. The Hall–Kier alpha value is -2.62. The molecule has 0 atom stereocenters. The molecule has 0 radical (unpaired) electrons. The molecule has 0 amide bonds. The average molecular weight is 406 g/mol. The van der Waals surface area contributed by atoms with E-state index in [9.17, 15) is 12.8 Å². The van der Waals surface area contributed by atoms with Gasteiger partial charge in [0.25, 0.3) is 0 Å². The van der Waals surface area contributed by atoms with E-state index in [2.05, 4.69) is 20.3 Å². The van der Waals surface area contributed by atoms with Crippen molar-refractivity contribution in [3.8, 4) is 11.4 Å². The summed E-state index contributed by atoms with van der Waals surface area (Å²) >= 11 is 0. The summed E-state index contributed by atoms with van der Waals surface area (Å²) in [7, 11) is -3.39. The van der Waals surface area contributed by atoms with Gasteiger partial charge in [-0.15, -0.1) is 0 Å². The smallest absolute Gasteiger partial charge is 0.241 e. The number of aryl methyl sites for hydroxylation is 2. The van der Waals surface area contributed by atoms with Gasteiger partial charge in [-0.3, -0.25) is 0 Å². The molecule has 1 aromatic carbocycles. The maximum absolute atomic E-state index is 13.7. The lowest BCUT2D eigenvalue weighted by molar-refractivity contribution is 0.377. The molecular formula is C18H19FN4O4S. The molecule has 4 rings (SSSR count). The van der Waals surface area contributed by atoms with E-state index in [1.54, 1.807) is 19.1 Å². The fourth-order valence-electron chi connectivity index (χ4n) is 2.74. The number of sulfone groups is 1. The van der Waals surface area contributed by atoms with E-state index < -0.39 is 9.84 Å². The van der Waals surface area contributed by atoms with Crippen LogP contribution in [0.5, 0.6) is 0 Å². The van der Waals surface area contributed by atoms with Crippen molar-refractivity contribution in [2.24, 2.45) is 0 Å². The van der Waals surface area contributed by atoms with Crippen LogP contribution < -0.4 is 0 Å². The number of hydrogen-bond donors (Lipinski definition) is 0. The van der Waals surface area contributed by atoms with Crippen LogP contribution in [0.1, 0.15) is 48.3 Å². The van der Waals surface area contributed by atoms with Crippen LogP contribution in [0, 0.1) is 12.7 Å². The highest BCUT2D eigenvalue weighted by Gasteiger charge is 2.29. The SMILES string of the molecule is Cc1ccc(-c2noc(CCCS(=O)(=O)Cc3nc(C4CC4)no3)n2)cc1F. The zero-order valence-corrected chi connectivity index (χ0v) is 16.1. The Morgan fingerprint density at radius 3 is 2.68 bits per heavy atom. The number of nitrogens with zero attached hydrogens (tertiary/aromatic N) is 4. The lowest BCUT2D eigenvalue weighted by atomic mass is 10.1. The van der Waals surface area contributed by atoms with Gasteiger partial charge < -0.3 is 9.05 Å². The minimum atomic E-state index is -3.39. The van der Waals surface area contributed by atoms with E-state index in [0.717, 1.165) is 12.8 Å². The Bertz CT molecular complexity index is 1090. The molecule has 10 heteroatoms. The van der Waals surface area contributed by atoms with E-state index >= 15 is 0 Å². The summed E-state index contributed by atoms with van der Waals surface area (Å²) in [5, 5.41) is 7.65. The van der Waals surface area contributed by atoms with Crippen LogP contribution in [-0.4, -0.2) is 34.5 Å².